The van der Waals surface area contributed by atoms with Crippen molar-refractivity contribution in [2.24, 2.45) is 0 Å². The van der Waals surface area contributed by atoms with Gasteiger partial charge in [0.15, 0.2) is 11.5 Å². The number of methoxy groups -OCH3 is 1. The lowest BCUT2D eigenvalue weighted by Crippen LogP contribution is -2.22. The van der Waals surface area contributed by atoms with Crippen LogP contribution >= 0.6 is 0 Å². The van der Waals surface area contributed by atoms with Gasteiger partial charge in [-0.2, -0.15) is 4.39 Å². The molecule has 220 valence electrons. The van der Waals surface area contributed by atoms with E-state index in [0.717, 1.165) is 0 Å². The molecule has 0 amide bonds. The quantitative estimate of drug-likeness (QED) is 0.0929. The molecule has 1 aromatic heterocycles. The van der Waals surface area contributed by atoms with Crippen LogP contribution in [0.3, 0.4) is 0 Å². The minimum Gasteiger partial charge on any atom is -0.494 e. The molecule has 1 aliphatic rings. The molecule has 0 spiro atoms. The first-order valence-electron chi connectivity index (χ1n) is 13.3. The third-order valence-corrected chi connectivity index (χ3v) is 6.96. The number of nitro benzene ring substituents is 1. The van der Waals surface area contributed by atoms with Gasteiger partial charge in [0.2, 0.25) is 5.82 Å². The van der Waals surface area contributed by atoms with Crippen LogP contribution in [-0.4, -0.2) is 45.8 Å². The summed E-state index contributed by atoms with van der Waals surface area (Å²) in [5.41, 5.74) is 7.17. The molecule has 4 N–H and O–H groups in total. The molecular formula is C30H27FN6O6. The number of nitrogens with zero attached hydrogens (tertiary/aromatic N) is 3. The lowest BCUT2D eigenvalue weighted by Gasteiger charge is -2.18. The van der Waals surface area contributed by atoms with E-state index in [9.17, 15) is 19.3 Å². The van der Waals surface area contributed by atoms with Crippen molar-refractivity contribution in [3.63, 3.8) is 0 Å². The number of nitro groups is 1. The molecule has 0 aliphatic heterocycles. The Morgan fingerprint density at radius 3 is 2.44 bits per heavy atom. The minimum atomic E-state index is -0.623. The maximum Gasteiger partial charge on any atom is 0.338 e. The van der Waals surface area contributed by atoms with Gasteiger partial charge in [0.1, 0.15) is 29.8 Å². The van der Waals surface area contributed by atoms with E-state index in [0.29, 0.717) is 42.0 Å². The SMILES string of the molecule is COc1cccc(Oc2ccc(C(=N)c3c(N)ncnc3NC3CCC(OC(=O)c4ccc([N+](=O)[O-])cc4)C3)cc2)c1F. The highest BCUT2D eigenvalue weighted by atomic mass is 19.1. The number of nitrogens with one attached hydrogen (secondary N) is 2. The maximum absolute atomic E-state index is 14.5. The van der Waals surface area contributed by atoms with Crippen LogP contribution in [0, 0.1) is 21.3 Å². The summed E-state index contributed by atoms with van der Waals surface area (Å²) in [7, 11) is 1.37. The first kappa shape index (κ1) is 28.9. The number of nitrogens with two attached hydrogens (primary N) is 1. The highest BCUT2D eigenvalue weighted by Gasteiger charge is 2.29. The third kappa shape index (κ3) is 6.50. The van der Waals surface area contributed by atoms with Gasteiger partial charge in [-0.1, -0.05) is 6.07 Å². The van der Waals surface area contributed by atoms with Crippen molar-refractivity contribution < 1.29 is 28.3 Å². The average molecular weight is 587 g/mol. The summed E-state index contributed by atoms with van der Waals surface area (Å²) >= 11 is 0. The molecule has 1 fully saturated rings. The molecule has 0 saturated heterocycles. The van der Waals surface area contributed by atoms with Crippen LogP contribution in [0.5, 0.6) is 17.2 Å². The van der Waals surface area contributed by atoms with Crippen molar-refractivity contribution >= 4 is 29.0 Å². The number of anilines is 2. The zero-order valence-electron chi connectivity index (χ0n) is 23.0. The molecule has 3 aromatic carbocycles. The summed E-state index contributed by atoms with van der Waals surface area (Å²) in [4.78, 5) is 31.2. The fourth-order valence-electron chi connectivity index (χ4n) is 4.75. The van der Waals surface area contributed by atoms with Gasteiger partial charge in [-0.25, -0.2) is 14.8 Å². The summed E-state index contributed by atoms with van der Waals surface area (Å²) < 4.78 is 30.7. The van der Waals surface area contributed by atoms with E-state index in [2.05, 4.69) is 15.3 Å². The zero-order valence-corrected chi connectivity index (χ0v) is 23.0. The predicted molar refractivity (Wildman–Crippen MR) is 155 cm³/mol. The number of hydrogen-bond acceptors (Lipinski definition) is 11. The van der Waals surface area contributed by atoms with Crippen molar-refractivity contribution in [1.29, 1.82) is 5.41 Å². The van der Waals surface area contributed by atoms with Gasteiger partial charge in [0, 0.05) is 30.2 Å². The van der Waals surface area contributed by atoms with Crippen molar-refractivity contribution in [2.45, 2.75) is 31.4 Å². The number of nitrogen functional groups attached to an aromatic ring is 1. The molecule has 2 atom stereocenters. The predicted octanol–water partition coefficient (Wildman–Crippen LogP) is 5.51. The Morgan fingerprint density at radius 2 is 1.74 bits per heavy atom. The van der Waals surface area contributed by atoms with E-state index >= 15 is 0 Å². The number of non-ortho nitro benzene ring substituents is 1. The van der Waals surface area contributed by atoms with Crippen LogP contribution in [0.15, 0.2) is 73.1 Å². The second-order valence-electron chi connectivity index (χ2n) is 9.74. The van der Waals surface area contributed by atoms with E-state index in [-0.39, 0.29) is 46.4 Å². The topological polar surface area (TPSA) is 176 Å². The number of rotatable bonds is 10. The second-order valence-corrected chi connectivity index (χ2v) is 9.74. The molecular weight excluding hydrogens is 559 g/mol. The fraction of sp³-hybridized carbons (Fsp3) is 0.200. The molecule has 4 aromatic rings. The smallest absolute Gasteiger partial charge is 0.338 e. The molecule has 43 heavy (non-hydrogen) atoms. The second kappa shape index (κ2) is 12.5. The fourth-order valence-corrected chi connectivity index (χ4v) is 4.75. The maximum atomic E-state index is 14.5. The Balaban J connectivity index is 1.24. The molecule has 12 nitrogen and oxygen atoms in total. The van der Waals surface area contributed by atoms with Crippen molar-refractivity contribution in [2.75, 3.05) is 18.2 Å². The van der Waals surface area contributed by atoms with Crippen molar-refractivity contribution in [3.8, 4) is 17.2 Å². The number of benzene rings is 3. The van der Waals surface area contributed by atoms with E-state index in [1.807, 2.05) is 0 Å². The van der Waals surface area contributed by atoms with Crippen LogP contribution in [-0.2, 0) is 4.74 Å². The third-order valence-electron chi connectivity index (χ3n) is 6.96. The lowest BCUT2D eigenvalue weighted by molar-refractivity contribution is -0.384. The van der Waals surface area contributed by atoms with Gasteiger partial charge < -0.3 is 25.3 Å². The Bertz CT molecular complexity index is 1670. The Labute approximate surface area is 245 Å². The molecule has 5 rings (SSSR count). The van der Waals surface area contributed by atoms with Gasteiger partial charge in [0.25, 0.3) is 5.69 Å². The summed E-state index contributed by atoms with van der Waals surface area (Å²) in [6.07, 6.45) is 2.68. The highest BCUT2D eigenvalue weighted by molar-refractivity contribution is 6.16. The summed E-state index contributed by atoms with van der Waals surface area (Å²) in [6.45, 7) is 0. The van der Waals surface area contributed by atoms with Crippen LogP contribution in [0.2, 0.25) is 0 Å². The zero-order chi connectivity index (χ0) is 30.5. The van der Waals surface area contributed by atoms with E-state index in [4.69, 9.17) is 25.4 Å². The minimum absolute atomic E-state index is 0.00246. The number of carbonyl (C=O) groups is 1. The Kier molecular flexibility index (Phi) is 8.41. The Hall–Kier alpha value is -5.59. The van der Waals surface area contributed by atoms with Gasteiger partial charge in [0.05, 0.1) is 28.9 Å². The number of hydrogen-bond donors (Lipinski definition) is 3. The van der Waals surface area contributed by atoms with E-state index in [1.165, 1.54) is 49.8 Å². The molecule has 0 radical (unpaired) electrons. The van der Waals surface area contributed by atoms with Gasteiger partial charge in [-0.05, 0) is 61.4 Å². The van der Waals surface area contributed by atoms with Crippen molar-refractivity contribution in [3.05, 3.63) is 106 Å². The molecule has 1 heterocycles. The van der Waals surface area contributed by atoms with Crippen LogP contribution < -0.4 is 20.5 Å². The van der Waals surface area contributed by atoms with Crippen LogP contribution in [0.25, 0.3) is 0 Å². The van der Waals surface area contributed by atoms with Crippen molar-refractivity contribution in [1.82, 2.24) is 9.97 Å². The number of esters is 1. The van der Waals surface area contributed by atoms with E-state index < -0.39 is 16.7 Å². The number of aromatic nitrogens is 2. The summed E-state index contributed by atoms with van der Waals surface area (Å²) in [5, 5.41) is 23.0. The van der Waals surface area contributed by atoms with Gasteiger partial charge in [-0.15, -0.1) is 0 Å². The first-order chi connectivity index (χ1) is 20.7. The van der Waals surface area contributed by atoms with Gasteiger partial charge in [-0.3, -0.25) is 15.5 Å². The largest absolute Gasteiger partial charge is 0.494 e. The summed E-state index contributed by atoms with van der Waals surface area (Å²) in [6, 6.07) is 16.2. The number of ether oxygens (including phenoxy) is 3. The monoisotopic (exact) mass is 586 g/mol. The van der Waals surface area contributed by atoms with Crippen LogP contribution in [0.4, 0.5) is 21.7 Å². The average Bonchev–Trinajstić information content (AvgIpc) is 3.44. The summed E-state index contributed by atoms with van der Waals surface area (Å²) in [5.74, 6) is -0.282. The molecule has 1 aliphatic carbocycles. The molecule has 13 heteroatoms. The normalized spacial score (nSPS) is 15.9. The van der Waals surface area contributed by atoms with E-state index in [1.54, 1.807) is 30.3 Å². The number of halogens is 1. The molecule has 1 saturated carbocycles. The lowest BCUT2D eigenvalue weighted by atomic mass is 10.0. The number of carbonyl (C=O) groups excluding carboxylic acids is 1. The molecule has 2 unspecified atom stereocenters. The standard InChI is InChI=1S/C30H27FN6O6/c1-41-23-3-2-4-24(26(23)31)42-21-12-7-17(8-13-21)27(32)25-28(33)34-16-35-29(25)36-19-9-14-22(15-19)43-30(38)18-5-10-20(11-6-18)37(39)40/h2-8,10-13,16,19,22,32H,9,14-15H2,1H3,(H3,33,34,35,36). The Morgan fingerprint density at radius 1 is 1.05 bits per heavy atom. The molecule has 0 bridgehead atoms. The van der Waals surface area contributed by atoms with Crippen LogP contribution in [0.1, 0.15) is 40.7 Å². The highest BCUT2D eigenvalue weighted by Crippen LogP contribution is 2.32. The van der Waals surface area contributed by atoms with Gasteiger partial charge >= 0.3 is 5.97 Å². The first-order valence-corrected chi connectivity index (χ1v) is 13.3.